The molecule has 1 heterocycles. The second kappa shape index (κ2) is 4.74. The summed E-state index contributed by atoms with van der Waals surface area (Å²) >= 11 is 0. The SMILES string of the molecule is CCc1ccccc1NC(=O)c1cc(N)c[nH]1. The van der Waals surface area contributed by atoms with E-state index in [0.29, 0.717) is 11.4 Å². The molecule has 1 aromatic heterocycles. The molecule has 2 rings (SSSR count). The maximum absolute atomic E-state index is 11.9. The minimum absolute atomic E-state index is 0.178. The first-order chi connectivity index (χ1) is 8.20. The first-order valence-electron chi connectivity index (χ1n) is 5.54. The number of hydrogen-bond donors (Lipinski definition) is 3. The minimum Gasteiger partial charge on any atom is -0.397 e. The summed E-state index contributed by atoms with van der Waals surface area (Å²) in [5.41, 5.74) is 8.53. The summed E-state index contributed by atoms with van der Waals surface area (Å²) in [6.07, 6.45) is 2.48. The lowest BCUT2D eigenvalue weighted by Crippen LogP contribution is -2.13. The van der Waals surface area contributed by atoms with Crippen LogP contribution >= 0.6 is 0 Å². The van der Waals surface area contributed by atoms with E-state index in [1.807, 2.05) is 24.3 Å². The molecule has 0 spiro atoms. The van der Waals surface area contributed by atoms with Gasteiger partial charge in [-0.3, -0.25) is 4.79 Å². The molecule has 0 atom stereocenters. The molecule has 0 aliphatic heterocycles. The number of carbonyl (C=O) groups is 1. The predicted molar refractivity (Wildman–Crippen MR) is 69.0 cm³/mol. The number of rotatable bonds is 3. The quantitative estimate of drug-likeness (QED) is 0.756. The van der Waals surface area contributed by atoms with Crippen LogP contribution in [0.2, 0.25) is 0 Å². The van der Waals surface area contributed by atoms with E-state index >= 15 is 0 Å². The number of nitrogen functional groups attached to an aromatic ring is 1. The van der Waals surface area contributed by atoms with Gasteiger partial charge in [0, 0.05) is 17.6 Å². The third kappa shape index (κ3) is 2.47. The molecule has 2 aromatic rings. The Morgan fingerprint density at radius 3 is 2.82 bits per heavy atom. The molecule has 0 unspecified atom stereocenters. The molecule has 0 radical (unpaired) electrons. The highest BCUT2D eigenvalue weighted by Gasteiger charge is 2.09. The lowest BCUT2D eigenvalue weighted by atomic mass is 10.1. The average Bonchev–Trinajstić information content (AvgIpc) is 2.77. The molecule has 1 aromatic carbocycles. The summed E-state index contributed by atoms with van der Waals surface area (Å²) in [6, 6.07) is 9.37. The standard InChI is InChI=1S/C13H15N3O/c1-2-9-5-3-4-6-11(9)16-13(17)12-7-10(14)8-15-12/h3-8,15H,2,14H2,1H3,(H,16,17). The maximum atomic E-state index is 11.9. The van der Waals surface area contributed by atoms with Crippen molar-refractivity contribution in [2.24, 2.45) is 0 Å². The predicted octanol–water partition coefficient (Wildman–Crippen LogP) is 2.41. The van der Waals surface area contributed by atoms with Gasteiger partial charge in [-0.2, -0.15) is 0 Å². The third-order valence-corrected chi connectivity index (χ3v) is 2.60. The van der Waals surface area contributed by atoms with Gasteiger partial charge in [0.05, 0.1) is 0 Å². The molecule has 0 aliphatic carbocycles. The summed E-state index contributed by atoms with van der Waals surface area (Å²) < 4.78 is 0. The number of carbonyl (C=O) groups excluding carboxylic acids is 1. The van der Waals surface area contributed by atoms with Crippen molar-refractivity contribution in [1.82, 2.24) is 4.98 Å². The Kier molecular flexibility index (Phi) is 3.14. The molecular formula is C13H15N3O. The lowest BCUT2D eigenvalue weighted by Gasteiger charge is -2.08. The number of benzene rings is 1. The van der Waals surface area contributed by atoms with Crippen LogP contribution in [0.25, 0.3) is 0 Å². The highest BCUT2D eigenvalue weighted by Crippen LogP contribution is 2.16. The van der Waals surface area contributed by atoms with Gasteiger partial charge in [0.2, 0.25) is 0 Å². The van der Waals surface area contributed by atoms with Gasteiger partial charge in [-0.1, -0.05) is 25.1 Å². The van der Waals surface area contributed by atoms with Crippen molar-refractivity contribution < 1.29 is 4.79 Å². The van der Waals surface area contributed by atoms with Crippen LogP contribution in [0.5, 0.6) is 0 Å². The second-order valence-corrected chi connectivity index (χ2v) is 3.81. The molecule has 0 bridgehead atoms. The van der Waals surface area contributed by atoms with E-state index in [1.54, 1.807) is 12.3 Å². The molecular weight excluding hydrogens is 214 g/mol. The van der Waals surface area contributed by atoms with E-state index in [1.165, 1.54) is 0 Å². The van der Waals surface area contributed by atoms with Gasteiger partial charge in [0.1, 0.15) is 5.69 Å². The Morgan fingerprint density at radius 1 is 1.41 bits per heavy atom. The van der Waals surface area contributed by atoms with E-state index in [0.717, 1.165) is 17.7 Å². The van der Waals surface area contributed by atoms with E-state index in [2.05, 4.69) is 17.2 Å². The van der Waals surface area contributed by atoms with Crippen LogP contribution in [-0.4, -0.2) is 10.9 Å². The Balaban J connectivity index is 2.18. The molecule has 4 nitrogen and oxygen atoms in total. The van der Waals surface area contributed by atoms with Crippen molar-refractivity contribution in [2.75, 3.05) is 11.1 Å². The Hall–Kier alpha value is -2.23. The monoisotopic (exact) mass is 229 g/mol. The molecule has 17 heavy (non-hydrogen) atoms. The number of H-pyrrole nitrogens is 1. The number of nitrogens with one attached hydrogen (secondary N) is 2. The molecule has 88 valence electrons. The zero-order chi connectivity index (χ0) is 12.3. The summed E-state index contributed by atoms with van der Waals surface area (Å²) in [5, 5.41) is 2.87. The van der Waals surface area contributed by atoms with Crippen LogP contribution in [0.15, 0.2) is 36.5 Å². The fraction of sp³-hybridized carbons (Fsp3) is 0.154. The molecule has 0 saturated heterocycles. The summed E-state index contributed by atoms with van der Waals surface area (Å²) in [4.78, 5) is 14.7. The molecule has 0 saturated carbocycles. The van der Waals surface area contributed by atoms with E-state index in [-0.39, 0.29) is 5.91 Å². The fourth-order valence-corrected chi connectivity index (χ4v) is 1.68. The molecule has 1 amide bonds. The minimum atomic E-state index is -0.178. The van der Waals surface area contributed by atoms with Gasteiger partial charge in [0.15, 0.2) is 0 Å². The highest BCUT2D eigenvalue weighted by molar-refractivity contribution is 6.03. The molecule has 0 fully saturated rings. The van der Waals surface area contributed by atoms with E-state index < -0.39 is 0 Å². The van der Waals surface area contributed by atoms with E-state index in [9.17, 15) is 4.79 Å². The molecule has 4 heteroatoms. The first kappa shape index (κ1) is 11.3. The number of nitrogens with two attached hydrogens (primary N) is 1. The van der Waals surface area contributed by atoms with Crippen molar-refractivity contribution in [1.29, 1.82) is 0 Å². The Morgan fingerprint density at radius 2 is 2.18 bits per heavy atom. The number of aromatic nitrogens is 1. The van der Waals surface area contributed by atoms with Gasteiger partial charge in [-0.25, -0.2) is 0 Å². The van der Waals surface area contributed by atoms with Gasteiger partial charge >= 0.3 is 0 Å². The summed E-state index contributed by atoms with van der Waals surface area (Å²) in [7, 11) is 0. The maximum Gasteiger partial charge on any atom is 0.272 e. The number of hydrogen-bond acceptors (Lipinski definition) is 2. The van der Waals surface area contributed by atoms with Gasteiger partial charge < -0.3 is 16.0 Å². The van der Waals surface area contributed by atoms with Crippen molar-refractivity contribution in [3.8, 4) is 0 Å². The number of aromatic amines is 1. The number of anilines is 2. The van der Waals surface area contributed by atoms with Crippen molar-refractivity contribution in [2.45, 2.75) is 13.3 Å². The number of para-hydroxylation sites is 1. The largest absolute Gasteiger partial charge is 0.397 e. The Bertz CT molecular complexity index is 531. The van der Waals surface area contributed by atoms with Gasteiger partial charge in [-0.05, 0) is 24.1 Å². The van der Waals surface area contributed by atoms with Crippen molar-refractivity contribution in [3.05, 3.63) is 47.8 Å². The number of amides is 1. The van der Waals surface area contributed by atoms with Gasteiger partial charge in [-0.15, -0.1) is 0 Å². The highest BCUT2D eigenvalue weighted by atomic mass is 16.1. The summed E-state index contributed by atoms with van der Waals surface area (Å²) in [5.74, 6) is -0.178. The molecule has 4 N–H and O–H groups in total. The zero-order valence-electron chi connectivity index (χ0n) is 9.66. The average molecular weight is 229 g/mol. The third-order valence-electron chi connectivity index (χ3n) is 2.60. The lowest BCUT2D eigenvalue weighted by molar-refractivity contribution is 0.102. The first-order valence-corrected chi connectivity index (χ1v) is 5.54. The molecule has 0 aliphatic rings. The van der Waals surface area contributed by atoms with Crippen LogP contribution in [0.1, 0.15) is 23.0 Å². The van der Waals surface area contributed by atoms with Crippen molar-refractivity contribution >= 4 is 17.3 Å². The van der Waals surface area contributed by atoms with Crippen molar-refractivity contribution in [3.63, 3.8) is 0 Å². The van der Waals surface area contributed by atoms with Crippen LogP contribution in [0.3, 0.4) is 0 Å². The second-order valence-electron chi connectivity index (χ2n) is 3.81. The van der Waals surface area contributed by atoms with Crippen LogP contribution in [0.4, 0.5) is 11.4 Å². The van der Waals surface area contributed by atoms with Crippen LogP contribution in [0, 0.1) is 0 Å². The van der Waals surface area contributed by atoms with Crippen LogP contribution in [-0.2, 0) is 6.42 Å². The van der Waals surface area contributed by atoms with E-state index in [4.69, 9.17) is 5.73 Å². The van der Waals surface area contributed by atoms with Gasteiger partial charge in [0.25, 0.3) is 5.91 Å². The Labute approximate surface area is 99.8 Å². The topological polar surface area (TPSA) is 70.9 Å². The smallest absolute Gasteiger partial charge is 0.272 e. The zero-order valence-corrected chi connectivity index (χ0v) is 9.66. The summed E-state index contributed by atoms with van der Waals surface area (Å²) in [6.45, 7) is 2.05. The van der Waals surface area contributed by atoms with Crippen LogP contribution < -0.4 is 11.1 Å². The normalized spacial score (nSPS) is 10.2. The number of aryl methyl sites for hydroxylation is 1. The fourth-order valence-electron chi connectivity index (χ4n) is 1.68.